The second kappa shape index (κ2) is 5.34. The van der Waals surface area contributed by atoms with Crippen LogP contribution in [0.15, 0.2) is 11.7 Å². The van der Waals surface area contributed by atoms with Gasteiger partial charge in [-0.15, -0.1) is 11.3 Å². The van der Waals surface area contributed by atoms with Gasteiger partial charge in [-0.05, 0) is 17.9 Å². The van der Waals surface area contributed by atoms with Crippen molar-refractivity contribution in [2.45, 2.75) is 13.0 Å². The molecule has 0 bridgehead atoms. The highest BCUT2D eigenvalue weighted by Gasteiger charge is 2.30. The Labute approximate surface area is 120 Å². The number of thiophene rings is 1. The third kappa shape index (κ3) is 2.34. The Morgan fingerprint density at radius 1 is 1.55 bits per heavy atom. The molecule has 2 aromatic heterocycles. The Hall–Kier alpha value is -1.73. The van der Waals surface area contributed by atoms with Gasteiger partial charge < -0.3 is 15.0 Å². The first kappa shape index (κ1) is 13.3. The zero-order valence-corrected chi connectivity index (χ0v) is 12.2. The summed E-state index contributed by atoms with van der Waals surface area (Å²) in [6, 6.07) is 0.170. The van der Waals surface area contributed by atoms with E-state index in [9.17, 15) is 4.79 Å². The highest BCUT2D eigenvalue weighted by Crippen LogP contribution is 2.32. The van der Waals surface area contributed by atoms with E-state index in [4.69, 9.17) is 4.74 Å². The number of nitrogens with one attached hydrogen (secondary N) is 1. The van der Waals surface area contributed by atoms with Gasteiger partial charge in [0.2, 0.25) is 5.91 Å². The molecule has 7 heteroatoms. The van der Waals surface area contributed by atoms with Crippen LogP contribution in [0.25, 0.3) is 10.2 Å². The molecule has 3 heterocycles. The van der Waals surface area contributed by atoms with Crippen LogP contribution in [0.5, 0.6) is 0 Å². The molecule has 6 nitrogen and oxygen atoms in total. The van der Waals surface area contributed by atoms with Crippen LogP contribution < -0.4 is 10.2 Å². The SMILES string of the molecule is COCC(=O)NC1CN(c2ncnc3c(C)csc23)C1. The van der Waals surface area contributed by atoms with Crippen LogP contribution in [0.3, 0.4) is 0 Å². The number of rotatable bonds is 4. The first-order valence-corrected chi connectivity index (χ1v) is 7.29. The number of hydrogen-bond donors (Lipinski definition) is 1. The zero-order chi connectivity index (χ0) is 14.1. The summed E-state index contributed by atoms with van der Waals surface area (Å²) in [5.74, 6) is 0.891. The minimum atomic E-state index is -0.0723. The van der Waals surface area contributed by atoms with Crippen LogP contribution in [0.1, 0.15) is 5.56 Å². The molecule has 0 atom stereocenters. The van der Waals surface area contributed by atoms with Crippen molar-refractivity contribution in [1.82, 2.24) is 15.3 Å². The fourth-order valence-corrected chi connectivity index (χ4v) is 3.34. The average Bonchev–Trinajstić information content (AvgIpc) is 2.76. The standard InChI is InChI=1S/C13H16N4O2S/c1-8-6-20-12-11(8)14-7-15-13(12)17-3-9(4-17)16-10(18)5-19-2/h6-7,9H,3-5H2,1-2H3,(H,16,18). The monoisotopic (exact) mass is 292 g/mol. The van der Waals surface area contributed by atoms with Gasteiger partial charge in [-0.1, -0.05) is 0 Å². The molecular weight excluding hydrogens is 276 g/mol. The molecule has 20 heavy (non-hydrogen) atoms. The third-order valence-corrected chi connectivity index (χ3v) is 4.42. The largest absolute Gasteiger partial charge is 0.375 e. The number of aryl methyl sites for hydroxylation is 1. The number of methoxy groups -OCH3 is 1. The zero-order valence-electron chi connectivity index (χ0n) is 11.4. The lowest BCUT2D eigenvalue weighted by Crippen LogP contribution is -2.60. The number of nitrogens with zero attached hydrogens (tertiary/aromatic N) is 3. The van der Waals surface area contributed by atoms with Crippen molar-refractivity contribution in [3.8, 4) is 0 Å². The summed E-state index contributed by atoms with van der Waals surface area (Å²) in [6.45, 7) is 3.72. The minimum absolute atomic E-state index is 0.0723. The average molecular weight is 292 g/mol. The smallest absolute Gasteiger partial charge is 0.246 e. The van der Waals surface area contributed by atoms with E-state index in [0.29, 0.717) is 0 Å². The lowest BCUT2D eigenvalue weighted by molar-refractivity contribution is -0.125. The van der Waals surface area contributed by atoms with E-state index in [-0.39, 0.29) is 18.6 Å². The molecule has 1 saturated heterocycles. The molecule has 0 unspecified atom stereocenters. The summed E-state index contributed by atoms with van der Waals surface area (Å²) in [5.41, 5.74) is 2.20. The quantitative estimate of drug-likeness (QED) is 0.909. The molecule has 0 saturated carbocycles. The maximum absolute atomic E-state index is 11.4. The predicted molar refractivity (Wildman–Crippen MR) is 78.2 cm³/mol. The number of anilines is 1. The molecule has 2 aromatic rings. The van der Waals surface area contributed by atoms with Gasteiger partial charge in [0.25, 0.3) is 0 Å². The van der Waals surface area contributed by atoms with Crippen LogP contribution in [-0.2, 0) is 9.53 Å². The van der Waals surface area contributed by atoms with Gasteiger partial charge in [0.05, 0.1) is 16.3 Å². The van der Waals surface area contributed by atoms with Crippen molar-refractivity contribution in [1.29, 1.82) is 0 Å². The molecule has 0 spiro atoms. The van der Waals surface area contributed by atoms with Crippen LogP contribution in [0.2, 0.25) is 0 Å². The first-order valence-electron chi connectivity index (χ1n) is 6.41. The highest BCUT2D eigenvalue weighted by molar-refractivity contribution is 7.18. The minimum Gasteiger partial charge on any atom is -0.375 e. The number of carbonyl (C=O) groups excluding carboxylic acids is 1. The second-order valence-corrected chi connectivity index (χ2v) is 5.78. The van der Waals surface area contributed by atoms with Gasteiger partial charge in [-0.3, -0.25) is 4.79 Å². The molecule has 3 rings (SSSR count). The Balaban J connectivity index is 1.68. The molecule has 0 radical (unpaired) electrons. The number of hydrogen-bond acceptors (Lipinski definition) is 6. The Morgan fingerprint density at radius 2 is 2.35 bits per heavy atom. The van der Waals surface area contributed by atoms with Crippen molar-refractivity contribution >= 4 is 33.3 Å². The number of carbonyl (C=O) groups is 1. The summed E-state index contributed by atoms with van der Waals surface area (Å²) >= 11 is 1.67. The lowest BCUT2D eigenvalue weighted by Gasteiger charge is -2.40. The predicted octanol–water partition coefficient (Wildman–Crippen LogP) is 0.951. The Kier molecular flexibility index (Phi) is 3.54. The van der Waals surface area contributed by atoms with Gasteiger partial charge in [0, 0.05) is 20.2 Å². The molecule has 1 aliphatic rings. The van der Waals surface area contributed by atoms with Crippen molar-refractivity contribution in [3.63, 3.8) is 0 Å². The molecule has 0 aromatic carbocycles. The summed E-state index contributed by atoms with van der Waals surface area (Å²) in [6.07, 6.45) is 1.61. The molecule has 106 valence electrons. The number of ether oxygens (including phenoxy) is 1. The van der Waals surface area contributed by atoms with Crippen LogP contribution in [0.4, 0.5) is 5.82 Å². The Morgan fingerprint density at radius 3 is 3.10 bits per heavy atom. The number of amides is 1. The lowest BCUT2D eigenvalue weighted by atomic mass is 10.1. The summed E-state index contributed by atoms with van der Waals surface area (Å²) in [4.78, 5) is 22.3. The first-order chi connectivity index (χ1) is 9.69. The number of aromatic nitrogens is 2. The maximum Gasteiger partial charge on any atom is 0.246 e. The van der Waals surface area contributed by atoms with E-state index in [1.165, 1.54) is 12.7 Å². The molecular formula is C13H16N4O2S. The summed E-state index contributed by atoms with van der Waals surface area (Å²) in [5, 5.41) is 5.02. The maximum atomic E-state index is 11.4. The van der Waals surface area contributed by atoms with Crippen molar-refractivity contribution in [2.75, 3.05) is 31.7 Å². The van der Waals surface area contributed by atoms with Gasteiger partial charge >= 0.3 is 0 Å². The fraction of sp³-hybridized carbons (Fsp3) is 0.462. The van der Waals surface area contributed by atoms with Crippen LogP contribution in [-0.4, -0.2) is 48.7 Å². The van der Waals surface area contributed by atoms with E-state index in [1.807, 2.05) is 0 Å². The van der Waals surface area contributed by atoms with Gasteiger partial charge in [-0.2, -0.15) is 0 Å². The molecule has 1 aliphatic heterocycles. The van der Waals surface area contributed by atoms with Crippen molar-refractivity contribution in [3.05, 3.63) is 17.3 Å². The van der Waals surface area contributed by atoms with E-state index >= 15 is 0 Å². The molecule has 1 amide bonds. The van der Waals surface area contributed by atoms with Crippen molar-refractivity contribution < 1.29 is 9.53 Å². The molecule has 0 aliphatic carbocycles. The van der Waals surface area contributed by atoms with E-state index in [0.717, 1.165) is 29.1 Å². The van der Waals surface area contributed by atoms with Crippen LogP contribution in [0, 0.1) is 6.92 Å². The van der Waals surface area contributed by atoms with Gasteiger partial charge in [-0.25, -0.2) is 9.97 Å². The van der Waals surface area contributed by atoms with Gasteiger partial charge in [0.15, 0.2) is 0 Å². The normalized spacial score (nSPS) is 15.4. The van der Waals surface area contributed by atoms with E-state index < -0.39 is 0 Å². The van der Waals surface area contributed by atoms with E-state index in [1.54, 1.807) is 17.7 Å². The fourth-order valence-electron chi connectivity index (χ4n) is 2.33. The second-order valence-electron chi connectivity index (χ2n) is 4.90. The summed E-state index contributed by atoms with van der Waals surface area (Å²) < 4.78 is 5.92. The Bertz CT molecular complexity index is 636. The van der Waals surface area contributed by atoms with E-state index in [2.05, 4.69) is 32.5 Å². The topological polar surface area (TPSA) is 67.3 Å². The third-order valence-electron chi connectivity index (χ3n) is 3.33. The van der Waals surface area contributed by atoms with Gasteiger partial charge in [0.1, 0.15) is 18.8 Å². The molecule has 1 fully saturated rings. The highest BCUT2D eigenvalue weighted by atomic mass is 32.1. The van der Waals surface area contributed by atoms with Crippen LogP contribution >= 0.6 is 11.3 Å². The number of fused-ring (bicyclic) bond motifs is 1. The molecule has 1 N–H and O–H groups in total. The summed E-state index contributed by atoms with van der Waals surface area (Å²) in [7, 11) is 1.52. The van der Waals surface area contributed by atoms with Crippen molar-refractivity contribution in [2.24, 2.45) is 0 Å².